The lowest BCUT2D eigenvalue weighted by Gasteiger charge is -2.06. The van der Waals surface area contributed by atoms with Gasteiger partial charge in [0.25, 0.3) is 5.56 Å². The molecule has 0 atom stereocenters. The van der Waals surface area contributed by atoms with Crippen molar-refractivity contribution in [1.82, 2.24) is 23.8 Å². The molecule has 0 radical (unpaired) electrons. The van der Waals surface area contributed by atoms with E-state index in [-0.39, 0.29) is 41.3 Å². The van der Waals surface area contributed by atoms with E-state index >= 15 is 0 Å². The van der Waals surface area contributed by atoms with Gasteiger partial charge in [0.2, 0.25) is 0 Å². The Hall–Kier alpha value is -4.09. The number of esters is 1. The van der Waals surface area contributed by atoms with Gasteiger partial charge in [0.05, 0.1) is 11.9 Å². The van der Waals surface area contributed by atoms with Crippen LogP contribution in [-0.4, -0.2) is 29.8 Å². The number of benzene rings is 1. The first-order valence-electron chi connectivity index (χ1n) is 8.93. The van der Waals surface area contributed by atoms with E-state index < -0.39 is 28.9 Å². The molecule has 0 aliphatic carbocycles. The molecule has 3 aromatic heterocycles. The Morgan fingerprint density at radius 1 is 1.16 bits per heavy atom. The number of hydrogen-bond acceptors (Lipinski definition) is 7. The van der Waals surface area contributed by atoms with E-state index in [1.54, 1.807) is 0 Å². The van der Waals surface area contributed by atoms with Gasteiger partial charge in [0.15, 0.2) is 16.9 Å². The first-order valence-corrected chi connectivity index (χ1v) is 8.93. The number of aryl methyl sites for hydroxylation is 1. The minimum absolute atomic E-state index is 0.0119. The number of hydrogen-bond donors (Lipinski definition) is 0. The monoisotopic (exact) mass is 431 g/mol. The van der Waals surface area contributed by atoms with E-state index in [0.717, 1.165) is 10.6 Å². The van der Waals surface area contributed by atoms with Gasteiger partial charge in [-0.1, -0.05) is 5.16 Å². The molecule has 4 rings (SSSR count). The lowest BCUT2D eigenvalue weighted by atomic mass is 10.1. The zero-order valence-electron chi connectivity index (χ0n) is 16.3. The summed E-state index contributed by atoms with van der Waals surface area (Å²) >= 11 is 0. The van der Waals surface area contributed by atoms with Crippen molar-refractivity contribution in [3.05, 3.63) is 68.8 Å². The maximum atomic E-state index is 13.8. The molecule has 0 unspecified atom stereocenters. The van der Waals surface area contributed by atoms with E-state index in [4.69, 9.17) is 9.26 Å². The van der Waals surface area contributed by atoms with E-state index in [1.807, 2.05) is 0 Å². The molecule has 0 N–H and O–H groups in total. The van der Waals surface area contributed by atoms with E-state index in [1.165, 1.54) is 41.7 Å². The molecule has 0 amide bonds. The second-order valence-corrected chi connectivity index (χ2v) is 6.72. The molecule has 10 nitrogen and oxygen atoms in total. The Kier molecular flexibility index (Phi) is 4.97. The second kappa shape index (κ2) is 7.63. The van der Waals surface area contributed by atoms with Crippen LogP contribution in [0, 0.1) is 11.6 Å². The van der Waals surface area contributed by atoms with Gasteiger partial charge in [0, 0.05) is 26.2 Å². The summed E-state index contributed by atoms with van der Waals surface area (Å²) in [6.07, 6.45) is 1.26. The Bertz CT molecular complexity index is 1430. The third-order valence-electron chi connectivity index (χ3n) is 4.65. The van der Waals surface area contributed by atoms with Gasteiger partial charge in [0.1, 0.15) is 30.5 Å². The number of carbonyl (C=O) groups is 1. The summed E-state index contributed by atoms with van der Waals surface area (Å²) in [7, 11) is 2.79. The number of ether oxygens (including phenoxy) is 1. The van der Waals surface area contributed by atoms with Crippen LogP contribution < -0.4 is 11.2 Å². The van der Waals surface area contributed by atoms with E-state index in [0.29, 0.717) is 6.07 Å². The van der Waals surface area contributed by atoms with E-state index in [9.17, 15) is 23.2 Å². The van der Waals surface area contributed by atoms with Crippen LogP contribution in [0.5, 0.6) is 0 Å². The van der Waals surface area contributed by atoms with Crippen LogP contribution in [0.4, 0.5) is 8.78 Å². The smallest absolute Gasteiger partial charge is 0.332 e. The minimum atomic E-state index is -0.817. The molecular weight excluding hydrogens is 416 g/mol. The maximum absolute atomic E-state index is 13.8. The fraction of sp³-hybridized carbons (Fsp3) is 0.211. The lowest BCUT2D eigenvalue weighted by Crippen LogP contribution is -2.37. The normalized spacial score (nSPS) is 11.2. The van der Waals surface area contributed by atoms with Crippen LogP contribution in [0.25, 0.3) is 22.5 Å². The molecular formula is C19H15F2N5O5. The van der Waals surface area contributed by atoms with Crippen LogP contribution in [-0.2, 0) is 36.8 Å². The predicted octanol–water partition coefficient (Wildman–Crippen LogP) is 1.11. The zero-order chi connectivity index (χ0) is 22.3. The van der Waals surface area contributed by atoms with Gasteiger partial charge in [-0.15, -0.1) is 0 Å². The Labute approximate surface area is 171 Å². The van der Waals surface area contributed by atoms with Crippen LogP contribution >= 0.6 is 0 Å². The molecule has 4 aromatic rings. The summed E-state index contributed by atoms with van der Waals surface area (Å²) in [6.45, 7) is -0.602. The second-order valence-electron chi connectivity index (χ2n) is 6.72. The minimum Gasteiger partial charge on any atom is -0.458 e. The number of rotatable bonds is 5. The highest BCUT2D eigenvalue weighted by atomic mass is 19.1. The molecule has 0 spiro atoms. The molecule has 0 saturated carbocycles. The highest BCUT2D eigenvalue weighted by molar-refractivity contribution is 5.75. The molecule has 160 valence electrons. The summed E-state index contributed by atoms with van der Waals surface area (Å²) in [5.41, 5.74) is -0.685. The topological polar surface area (TPSA) is 114 Å². The standard InChI is InChI=1S/C19H15F2N5O5/c1-24-17-16(18(28)25(2)19(24)29)26(9-22-17)7-15(27)30-8-11-6-14(31-23-11)12-4-3-10(20)5-13(12)21/h3-6,9H,7-8H2,1-2H3. The highest BCUT2D eigenvalue weighted by Crippen LogP contribution is 2.24. The highest BCUT2D eigenvalue weighted by Gasteiger charge is 2.17. The summed E-state index contributed by atoms with van der Waals surface area (Å²) in [4.78, 5) is 40.6. The van der Waals surface area contributed by atoms with Gasteiger partial charge in [-0.2, -0.15) is 0 Å². The van der Waals surface area contributed by atoms with Gasteiger partial charge in [-0.25, -0.2) is 18.6 Å². The quantitative estimate of drug-likeness (QED) is 0.435. The summed E-state index contributed by atoms with van der Waals surface area (Å²) < 4.78 is 40.4. The van der Waals surface area contributed by atoms with Crippen molar-refractivity contribution in [3.63, 3.8) is 0 Å². The lowest BCUT2D eigenvalue weighted by molar-refractivity contribution is -0.145. The van der Waals surface area contributed by atoms with Crippen LogP contribution in [0.3, 0.4) is 0 Å². The van der Waals surface area contributed by atoms with Crippen LogP contribution in [0.2, 0.25) is 0 Å². The number of nitrogens with zero attached hydrogens (tertiary/aromatic N) is 5. The van der Waals surface area contributed by atoms with Gasteiger partial charge in [-0.3, -0.25) is 18.7 Å². The first kappa shape index (κ1) is 20.2. The fourth-order valence-corrected chi connectivity index (χ4v) is 3.05. The molecule has 0 fully saturated rings. The number of carbonyl (C=O) groups excluding carboxylic acids is 1. The van der Waals surface area contributed by atoms with Crippen molar-refractivity contribution in [1.29, 1.82) is 0 Å². The van der Waals surface area contributed by atoms with Crippen molar-refractivity contribution >= 4 is 17.1 Å². The molecule has 31 heavy (non-hydrogen) atoms. The fourth-order valence-electron chi connectivity index (χ4n) is 3.05. The zero-order valence-corrected chi connectivity index (χ0v) is 16.3. The van der Waals surface area contributed by atoms with Crippen LogP contribution in [0.1, 0.15) is 5.69 Å². The number of imidazole rings is 1. The third kappa shape index (κ3) is 3.63. The van der Waals surface area contributed by atoms with Crippen LogP contribution in [0.15, 0.2) is 44.7 Å². The van der Waals surface area contributed by atoms with Gasteiger partial charge >= 0.3 is 11.7 Å². The molecule has 3 heterocycles. The molecule has 0 aliphatic heterocycles. The van der Waals surface area contributed by atoms with Crippen molar-refractivity contribution < 1.29 is 22.8 Å². The van der Waals surface area contributed by atoms with Crippen molar-refractivity contribution in [2.75, 3.05) is 0 Å². The van der Waals surface area contributed by atoms with Gasteiger partial charge < -0.3 is 13.8 Å². The Morgan fingerprint density at radius 3 is 2.68 bits per heavy atom. The first-order chi connectivity index (χ1) is 14.8. The van der Waals surface area contributed by atoms with Crippen molar-refractivity contribution in [2.24, 2.45) is 14.1 Å². The predicted molar refractivity (Wildman–Crippen MR) is 102 cm³/mol. The number of halogens is 2. The number of fused-ring (bicyclic) bond motifs is 1. The third-order valence-corrected chi connectivity index (χ3v) is 4.65. The summed E-state index contributed by atoms with van der Waals surface area (Å²) in [6, 6.07) is 4.36. The molecule has 0 aliphatic rings. The molecule has 0 saturated heterocycles. The largest absolute Gasteiger partial charge is 0.458 e. The van der Waals surface area contributed by atoms with Gasteiger partial charge in [-0.05, 0) is 12.1 Å². The average Bonchev–Trinajstić information content (AvgIpc) is 3.36. The summed E-state index contributed by atoms with van der Waals surface area (Å²) in [5, 5.41) is 3.70. The molecule has 12 heteroatoms. The SMILES string of the molecule is Cn1c(=O)c2c(ncn2CC(=O)OCc2cc(-c3ccc(F)cc3F)on2)n(C)c1=O. The Balaban J connectivity index is 1.48. The average molecular weight is 431 g/mol. The van der Waals surface area contributed by atoms with E-state index in [2.05, 4.69) is 10.1 Å². The maximum Gasteiger partial charge on any atom is 0.332 e. The summed E-state index contributed by atoms with van der Waals surface area (Å²) in [5.74, 6) is -2.19. The van der Waals surface area contributed by atoms with Crippen molar-refractivity contribution in [3.8, 4) is 11.3 Å². The van der Waals surface area contributed by atoms with Crippen molar-refractivity contribution in [2.45, 2.75) is 13.2 Å². The Morgan fingerprint density at radius 2 is 1.94 bits per heavy atom. The molecule has 0 bridgehead atoms. The molecule has 1 aromatic carbocycles. The number of aromatic nitrogens is 5.